The SMILES string of the molecule is CCOC(=O)c1cn(C(=O)OC(C)(C)C)c2c1C(=O)CC(C)CC2. The number of fused-ring (bicyclic) bond motifs is 1. The van der Waals surface area contributed by atoms with Gasteiger partial charge in [-0.2, -0.15) is 0 Å². The minimum Gasteiger partial charge on any atom is -0.462 e. The lowest BCUT2D eigenvalue weighted by atomic mass is 10.0. The minimum absolute atomic E-state index is 0.125. The standard InChI is InChI=1S/C18H25NO5/c1-6-23-16(21)12-10-19(17(22)24-18(3,4)5)13-8-7-11(2)9-14(20)15(12)13/h10-11H,6-9H2,1-5H3. The molecule has 1 aliphatic carbocycles. The van der Waals surface area contributed by atoms with Crippen molar-refractivity contribution >= 4 is 17.8 Å². The highest BCUT2D eigenvalue weighted by molar-refractivity contribution is 6.08. The maximum atomic E-state index is 12.6. The second-order valence-electron chi connectivity index (χ2n) is 7.21. The van der Waals surface area contributed by atoms with Crippen LogP contribution in [0.1, 0.15) is 73.9 Å². The second-order valence-corrected chi connectivity index (χ2v) is 7.21. The third kappa shape index (κ3) is 3.86. The summed E-state index contributed by atoms with van der Waals surface area (Å²) in [5.74, 6) is -0.508. The third-order valence-electron chi connectivity index (χ3n) is 3.88. The lowest BCUT2D eigenvalue weighted by molar-refractivity contribution is 0.0522. The van der Waals surface area contributed by atoms with Crippen LogP contribution in [0.3, 0.4) is 0 Å². The summed E-state index contributed by atoms with van der Waals surface area (Å²) in [6, 6.07) is 0. The molecule has 0 N–H and O–H groups in total. The Morgan fingerprint density at radius 3 is 2.58 bits per heavy atom. The maximum Gasteiger partial charge on any atom is 0.418 e. The van der Waals surface area contributed by atoms with E-state index in [4.69, 9.17) is 9.47 Å². The zero-order valence-corrected chi connectivity index (χ0v) is 15.0. The molecule has 0 bridgehead atoms. The lowest BCUT2D eigenvalue weighted by Gasteiger charge is -2.20. The summed E-state index contributed by atoms with van der Waals surface area (Å²) < 4.78 is 11.7. The summed E-state index contributed by atoms with van der Waals surface area (Å²) in [6.07, 6.45) is 2.47. The van der Waals surface area contributed by atoms with Gasteiger partial charge in [0.2, 0.25) is 0 Å². The molecule has 1 unspecified atom stereocenters. The van der Waals surface area contributed by atoms with Gasteiger partial charge in [0.1, 0.15) is 5.60 Å². The van der Waals surface area contributed by atoms with E-state index in [1.165, 1.54) is 10.8 Å². The number of hydrogen-bond acceptors (Lipinski definition) is 5. The van der Waals surface area contributed by atoms with Crippen LogP contribution in [0.25, 0.3) is 0 Å². The molecule has 0 saturated heterocycles. The van der Waals surface area contributed by atoms with Crippen molar-refractivity contribution < 1.29 is 23.9 Å². The summed E-state index contributed by atoms with van der Waals surface area (Å²) in [5.41, 5.74) is 0.336. The van der Waals surface area contributed by atoms with E-state index in [1.54, 1.807) is 27.7 Å². The van der Waals surface area contributed by atoms with Gasteiger partial charge in [0.05, 0.1) is 17.7 Å². The number of esters is 1. The Morgan fingerprint density at radius 1 is 1.33 bits per heavy atom. The molecule has 0 spiro atoms. The summed E-state index contributed by atoms with van der Waals surface area (Å²) >= 11 is 0. The van der Waals surface area contributed by atoms with Gasteiger partial charge < -0.3 is 9.47 Å². The van der Waals surface area contributed by atoms with E-state index in [9.17, 15) is 14.4 Å². The fourth-order valence-electron chi connectivity index (χ4n) is 2.85. The summed E-state index contributed by atoms with van der Waals surface area (Å²) in [7, 11) is 0. The van der Waals surface area contributed by atoms with E-state index in [1.807, 2.05) is 6.92 Å². The fraction of sp³-hybridized carbons (Fsp3) is 0.611. The van der Waals surface area contributed by atoms with E-state index in [0.717, 1.165) is 6.42 Å². The van der Waals surface area contributed by atoms with E-state index in [-0.39, 0.29) is 23.9 Å². The van der Waals surface area contributed by atoms with E-state index < -0.39 is 17.7 Å². The van der Waals surface area contributed by atoms with Gasteiger partial charge in [-0.25, -0.2) is 9.59 Å². The van der Waals surface area contributed by atoms with Crippen molar-refractivity contribution in [3.05, 3.63) is 23.0 Å². The first-order valence-corrected chi connectivity index (χ1v) is 8.32. The van der Waals surface area contributed by atoms with Gasteiger partial charge in [-0.05, 0) is 46.5 Å². The fourth-order valence-corrected chi connectivity index (χ4v) is 2.85. The van der Waals surface area contributed by atoms with Crippen molar-refractivity contribution in [1.29, 1.82) is 0 Å². The van der Waals surface area contributed by atoms with Crippen LogP contribution in [0.2, 0.25) is 0 Å². The van der Waals surface area contributed by atoms with Crippen LogP contribution in [0.5, 0.6) is 0 Å². The molecule has 0 fully saturated rings. The molecule has 24 heavy (non-hydrogen) atoms. The highest BCUT2D eigenvalue weighted by atomic mass is 16.6. The highest BCUT2D eigenvalue weighted by Crippen LogP contribution is 2.29. The van der Waals surface area contributed by atoms with Gasteiger partial charge in [0.15, 0.2) is 5.78 Å². The number of carbonyl (C=O) groups is 3. The first kappa shape index (κ1) is 18.2. The topological polar surface area (TPSA) is 74.6 Å². The maximum absolute atomic E-state index is 12.6. The van der Waals surface area contributed by atoms with Crippen LogP contribution < -0.4 is 0 Å². The molecule has 2 rings (SSSR count). The Kier molecular flexibility index (Phi) is 5.16. The molecule has 0 amide bonds. The molecule has 6 nitrogen and oxygen atoms in total. The van der Waals surface area contributed by atoms with Gasteiger partial charge in [-0.1, -0.05) is 6.92 Å². The summed E-state index contributed by atoms with van der Waals surface area (Å²) in [6.45, 7) is 9.21. The number of rotatable bonds is 2. The quantitative estimate of drug-likeness (QED) is 0.610. The van der Waals surface area contributed by atoms with Crippen LogP contribution in [-0.2, 0) is 15.9 Å². The molecule has 1 aliphatic rings. The van der Waals surface area contributed by atoms with Crippen LogP contribution in [0, 0.1) is 5.92 Å². The van der Waals surface area contributed by atoms with Crippen molar-refractivity contribution in [1.82, 2.24) is 4.57 Å². The number of carbonyl (C=O) groups excluding carboxylic acids is 3. The Bertz CT molecular complexity index is 666. The zero-order valence-electron chi connectivity index (χ0n) is 15.0. The largest absolute Gasteiger partial charge is 0.462 e. The van der Waals surface area contributed by atoms with Gasteiger partial charge in [-0.15, -0.1) is 0 Å². The van der Waals surface area contributed by atoms with Gasteiger partial charge in [0, 0.05) is 18.3 Å². The monoisotopic (exact) mass is 335 g/mol. The molecule has 132 valence electrons. The van der Waals surface area contributed by atoms with Crippen molar-refractivity contribution in [3.8, 4) is 0 Å². The Hall–Kier alpha value is -2.11. The van der Waals surface area contributed by atoms with Gasteiger partial charge in [-0.3, -0.25) is 9.36 Å². The molecule has 1 heterocycles. The van der Waals surface area contributed by atoms with Gasteiger partial charge >= 0.3 is 12.1 Å². The molecule has 1 atom stereocenters. The van der Waals surface area contributed by atoms with Crippen LogP contribution in [-0.4, -0.2) is 34.6 Å². The molecular formula is C18H25NO5. The average molecular weight is 335 g/mol. The van der Waals surface area contributed by atoms with E-state index >= 15 is 0 Å². The minimum atomic E-state index is -0.666. The Balaban J connectivity index is 2.53. The van der Waals surface area contributed by atoms with Crippen LogP contribution in [0.15, 0.2) is 6.20 Å². The first-order valence-electron chi connectivity index (χ1n) is 8.32. The number of ether oxygens (including phenoxy) is 2. The molecule has 0 aliphatic heterocycles. The normalized spacial score (nSPS) is 17.9. The first-order chi connectivity index (χ1) is 11.1. The Morgan fingerprint density at radius 2 is 2.00 bits per heavy atom. The highest BCUT2D eigenvalue weighted by Gasteiger charge is 2.32. The molecule has 1 aromatic rings. The summed E-state index contributed by atoms with van der Waals surface area (Å²) in [4.78, 5) is 37.3. The number of Topliss-reactive ketones (excluding diaryl/α,β-unsaturated/α-hetero) is 1. The predicted molar refractivity (Wildman–Crippen MR) is 88.5 cm³/mol. The number of aromatic nitrogens is 1. The number of nitrogens with zero attached hydrogens (tertiary/aromatic N) is 1. The van der Waals surface area contributed by atoms with Gasteiger partial charge in [0.25, 0.3) is 0 Å². The van der Waals surface area contributed by atoms with Crippen molar-refractivity contribution in [3.63, 3.8) is 0 Å². The van der Waals surface area contributed by atoms with Crippen molar-refractivity contribution in [2.24, 2.45) is 5.92 Å². The molecule has 1 aromatic heterocycles. The molecule has 0 radical (unpaired) electrons. The van der Waals surface area contributed by atoms with Crippen molar-refractivity contribution in [2.45, 2.75) is 59.5 Å². The number of hydrogen-bond donors (Lipinski definition) is 0. The molecule has 6 heteroatoms. The Labute approximate surface area is 142 Å². The zero-order chi connectivity index (χ0) is 18.1. The number of ketones is 1. The second kappa shape index (κ2) is 6.79. The van der Waals surface area contributed by atoms with Crippen molar-refractivity contribution in [2.75, 3.05) is 6.61 Å². The average Bonchev–Trinajstić information content (AvgIpc) is 2.76. The molecule has 0 saturated carbocycles. The van der Waals surface area contributed by atoms with E-state index in [0.29, 0.717) is 24.1 Å². The molecular weight excluding hydrogens is 310 g/mol. The third-order valence-corrected chi connectivity index (χ3v) is 3.88. The van der Waals surface area contributed by atoms with E-state index in [2.05, 4.69) is 0 Å². The van der Waals surface area contributed by atoms with Crippen LogP contribution >= 0.6 is 0 Å². The lowest BCUT2D eigenvalue weighted by Crippen LogP contribution is -2.27. The predicted octanol–water partition coefficient (Wildman–Crippen LogP) is 3.60. The molecule has 0 aromatic carbocycles. The smallest absolute Gasteiger partial charge is 0.418 e. The van der Waals surface area contributed by atoms with Crippen LogP contribution in [0.4, 0.5) is 4.79 Å². The summed E-state index contributed by atoms with van der Waals surface area (Å²) in [5, 5.41) is 0.